The lowest BCUT2D eigenvalue weighted by Gasteiger charge is -2.28. The maximum absolute atomic E-state index is 12.5. The Hall–Kier alpha value is -3.34. The second-order valence-corrected chi connectivity index (χ2v) is 6.36. The van der Waals surface area contributed by atoms with Gasteiger partial charge >= 0.3 is 0 Å². The van der Waals surface area contributed by atoms with E-state index in [0.717, 1.165) is 13.0 Å². The Morgan fingerprint density at radius 1 is 0.926 bits per heavy atom. The quantitative estimate of drug-likeness (QED) is 0.694. The molecule has 0 aliphatic carbocycles. The van der Waals surface area contributed by atoms with Crippen LogP contribution in [0.15, 0.2) is 72.9 Å². The summed E-state index contributed by atoms with van der Waals surface area (Å²) >= 11 is 0. The Bertz CT molecular complexity index is 910. The third-order valence-electron chi connectivity index (χ3n) is 4.53. The monoisotopic (exact) mass is 360 g/mol. The number of carbonyl (C=O) groups is 1. The molecule has 0 fully saturated rings. The summed E-state index contributed by atoms with van der Waals surface area (Å²) < 4.78 is 11.3. The summed E-state index contributed by atoms with van der Waals surface area (Å²) in [5.74, 6) is 1.83. The highest BCUT2D eigenvalue weighted by Gasteiger charge is 2.20. The van der Waals surface area contributed by atoms with Crippen LogP contribution in [0.5, 0.6) is 17.4 Å². The summed E-state index contributed by atoms with van der Waals surface area (Å²) in [7, 11) is 0. The van der Waals surface area contributed by atoms with Crippen LogP contribution in [0.4, 0.5) is 0 Å². The minimum Gasteiger partial charge on any atom is -0.484 e. The summed E-state index contributed by atoms with van der Waals surface area (Å²) in [5.41, 5.74) is 2.54. The van der Waals surface area contributed by atoms with Gasteiger partial charge in [-0.1, -0.05) is 30.3 Å². The zero-order valence-corrected chi connectivity index (χ0v) is 14.9. The predicted molar refractivity (Wildman–Crippen MR) is 102 cm³/mol. The van der Waals surface area contributed by atoms with Gasteiger partial charge in [-0.25, -0.2) is 4.98 Å². The fraction of sp³-hybridized carbons (Fsp3) is 0.182. The zero-order chi connectivity index (χ0) is 18.5. The molecule has 2 aromatic carbocycles. The molecule has 1 amide bonds. The second kappa shape index (κ2) is 7.91. The first kappa shape index (κ1) is 17.1. The minimum atomic E-state index is -0.00156. The van der Waals surface area contributed by atoms with Gasteiger partial charge in [-0.15, -0.1) is 0 Å². The van der Waals surface area contributed by atoms with E-state index in [2.05, 4.69) is 17.1 Å². The summed E-state index contributed by atoms with van der Waals surface area (Å²) in [6, 6.07) is 20.9. The lowest BCUT2D eigenvalue weighted by Crippen LogP contribution is -2.38. The Morgan fingerprint density at radius 3 is 2.44 bits per heavy atom. The van der Waals surface area contributed by atoms with E-state index in [9.17, 15) is 4.79 Å². The minimum absolute atomic E-state index is 0.00156. The third-order valence-corrected chi connectivity index (χ3v) is 4.53. The summed E-state index contributed by atoms with van der Waals surface area (Å²) in [6.07, 6.45) is 2.57. The van der Waals surface area contributed by atoms with Crippen molar-refractivity contribution in [3.8, 4) is 17.4 Å². The number of ether oxygens (including phenoxy) is 2. The molecule has 0 bridgehead atoms. The average Bonchev–Trinajstić information content (AvgIpc) is 2.73. The lowest BCUT2D eigenvalue weighted by molar-refractivity contribution is -0.134. The molecule has 0 saturated carbocycles. The van der Waals surface area contributed by atoms with Gasteiger partial charge in [-0.3, -0.25) is 4.79 Å². The number of pyridine rings is 1. The molecular weight excluding hydrogens is 340 g/mol. The molecule has 1 aromatic heterocycles. The molecule has 0 N–H and O–H groups in total. The zero-order valence-electron chi connectivity index (χ0n) is 14.9. The van der Waals surface area contributed by atoms with E-state index in [-0.39, 0.29) is 12.5 Å². The van der Waals surface area contributed by atoms with Gasteiger partial charge in [0.2, 0.25) is 5.88 Å². The van der Waals surface area contributed by atoms with E-state index < -0.39 is 0 Å². The van der Waals surface area contributed by atoms with E-state index in [4.69, 9.17) is 9.47 Å². The van der Waals surface area contributed by atoms with Crippen LogP contribution in [0.25, 0.3) is 0 Å². The Labute approximate surface area is 158 Å². The van der Waals surface area contributed by atoms with E-state index >= 15 is 0 Å². The van der Waals surface area contributed by atoms with Gasteiger partial charge in [-0.2, -0.15) is 0 Å². The topological polar surface area (TPSA) is 51.7 Å². The van der Waals surface area contributed by atoms with Gasteiger partial charge in [0, 0.05) is 25.4 Å². The van der Waals surface area contributed by atoms with Crippen molar-refractivity contribution < 1.29 is 14.3 Å². The number of nitrogens with zero attached hydrogens (tertiary/aromatic N) is 2. The van der Waals surface area contributed by atoms with Crippen molar-refractivity contribution in [1.29, 1.82) is 0 Å². The van der Waals surface area contributed by atoms with Crippen molar-refractivity contribution in [2.24, 2.45) is 0 Å². The lowest BCUT2D eigenvalue weighted by atomic mass is 10.00. The molecule has 0 spiro atoms. The highest BCUT2D eigenvalue weighted by atomic mass is 16.5. The molecular formula is C22H20N2O3. The molecule has 27 heavy (non-hydrogen) atoms. The summed E-state index contributed by atoms with van der Waals surface area (Å²) in [5, 5.41) is 0. The van der Waals surface area contributed by atoms with Crippen LogP contribution in [0.1, 0.15) is 11.1 Å². The van der Waals surface area contributed by atoms with Gasteiger partial charge in [-0.05, 0) is 47.9 Å². The first-order valence-corrected chi connectivity index (χ1v) is 8.94. The van der Waals surface area contributed by atoms with E-state index in [1.807, 2.05) is 29.2 Å². The molecule has 1 aliphatic heterocycles. The van der Waals surface area contributed by atoms with Crippen LogP contribution in [-0.4, -0.2) is 28.9 Å². The number of hydrogen-bond donors (Lipinski definition) is 0. The summed E-state index contributed by atoms with van der Waals surface area (Å²) in [6.45, 7) is 1.41. The molecule has 0 atom stereocenters. The maximum atomic E-state index is 12.5. The largest absolute Gasteiger partial charge is 0.484 e. The normalized spacial score (nSPS) is 13.0. The number of carbonyl (C=O) groups excluding carboxylic acids is 1. The standard InChI is InChI=1S/C22H20N2O3/c25-22(24-14-12-17-5-1-2-6-18(17)15-24)16-26-19-8-10-20(11-9-19)27-21-7-3-4-13-23-21/h1-11,13H,12,14-16H2. The fourth-order valence-electron chi connectivity index (χ4n) is 3.08. The van der Waals surface area contributed by atoms with Gasteiger partial charge in [0.05, 0.1) is 0 Å². The molecule has 136 valence electrons. The van der Waals surface area contributed by atoms with Crippen LogP contribution in [0, 0.1) is 0 Å². The van der Waals surface area contributed by atoms with E-state index in [1.165, 1.54) is 11.1 Å². The Morgan fingerprint density at radius 2 is 1.67 bits per heavy atom. The first-order valence-electron chi connectivity index (χ1n) is 8.94. The van der Waals surface area contributed by atoms with Crippen molar-refractivity contribution in [2.45, 2.75) is 13.0 Å². The highest BCUT2D eigenvalue weighted by Crippen LogP contribution is 2.23. The van der Waals surface area contributed by atoms with E-state index in [1.54, 1.807) is 36.5 Å². The van der Waals surface area contributed by atoms with Crippen LogP contribution >= 0.6 is 0 Å². The third kappa shape index (κ3) is 4.26. The van der Waals surface area contributed by atoms with Gasteiger partial charge in [0.25, 0.3) is 5.91 Å². The van der Waals surface area contributed by atoms with Crippen molar-refractivity contribution in [3.63, 3.8) is 0 Å². The van der Waals surface area contributed by atoms with Crippen molar-refractivity contribution >= 4 is 5.91 Å². The average molecular weight is 360 g/mol. The Kier molecular flexibility index (Phi) is 5.01. The molecule has 0 radical (unpaired) electrons. The predicted octanol–water partition coefficient (Wildman–Crippen LogP) is 3.84. The molecule has 1 aliphatic rings. The molecule has 5 nitrogen and oxygen atoms in total. The summed E-state index contributed by atoms with van der Waals surface area (Å²) in [4.78, 5) is 18.4. The van der Waals surface area contributed by atoms with Crippen LogP contribution in [0.2, 0.25) is 0 Å². The Balaban J connectivity index is 1.30. The van der Waals surface area contributed by atoms with Crippen molar-refractivity contribution in [3.05, 3.63) is 84.1 Å². The van der Waals surface area contributed by atoms with Gasteiger partial charge in [0.1, 0.15) is 11.5 Å². The van der Waals surface area contributed by atoms with Crippen LogP contribution in [0.3, 0.4) is 0 Å². The highest BCUT2D eigenvalue weighted by molar-refractivity contribution is 5.78. The smallest absolute Gasteiger partial charge is 0.260 e. The SMILES string of the molecule is O=C(COc1ccc(Oc2ccccn2)cc1)N1CCc2ccccc2C1. The first-order chi connectivity index (χ1) is 13.3. The number of rotatable bonds is 5. The van der Waals surface area contributed by atoms with E-state index in [0.29, 0.717) is 23.9 Å². The van der Waals surface area contributed by atoms with Crippen LogP contribution < -0.4 is 9.47 Å². The van der Waals surface area contributed by atoms with Crippen molar-refractivity contribution in [1.82, 2.24) is 9.88 Å². The van der Waals surface area contributed by atoms with Crippen molar-refractivity contribution in [2.75, 3.05) is 13.2 Å². The molecule has 0 unspecified atom stereocenters. The second-order valence-electron chi connectivity index (χ2n) is 6.36. The molecule has 2 heterocycles. The van der Waals surface area contributed by atoms with Crippen LogP contribution in [-0.2, 0) is 17.8 Å². The van der Waals surface area contributed by atoms with Gasteiger partial charge in [0.15, 0.2) is 6.61 Å². The number of amides is 1. The number of hydrogen-bond acceptors (Lipinski definition) is 4. The molecule has 3 aromatic rings. The molecule has 5 heteroatoms. The number of aromatic nitrogens is 1. The fourth-order valence-corrected chi connectivity index (χ4v) is 3.08. The van der Waals surface area contributed by atoms with Gasteiger partial charge < -0.3 is 14.4 Å². The number of benzene rings is 2. The molecule has 0 saturated heterocycles. The maximum Gasteiger partial charge on any atom is 0.260 e. The number of fused-ring (bicyclic) bond motifs is 1. The molecule has 4 rings (SSSR count).